The molecule has 0 spiro atoms. The zero-order valence-electron chi connectivity index (χ0n) is 26.0. The number of ether oxygens (including phenoxy) is 4. The van der Waals surface area contributed by atoms with Crippen LogP contribution in [0, 0.1) is 0 Å². The number of nitrogens with zero attached hydrogens (tertiary/aromatic N) is 8. The van der Waals surface area contributed by atoms with Crippen LogP contribution in [-0.4, -0.2) is 226 Å². The summed E-state index contributed by atoms with van der Waals surface area (Å²) in [5.41, 5.74) is -0.860. The zero-order valence-corrected chi connectivity index (χ0v) is 26.0. The molecule has 8 unspecified atom stereocenters. The maximum absolute atomic E-state index is 11.8. The van der Waals surface area contributed by atoms with Gasteiger partial charge in [-0.1, -0.05) is 0 Å². The number of carbonyl (C=O) groups is 1. The molecule has 46 heavy (non-hydrogen) atoms. The average molecular weight is 655 g/mol. The molecule has 8 bridgehead atoms. The molecule has 18 nitrogen and oxygen atoms in total. The van der Waals surface area contributed by atoms with Crippen LogP contribution in [0.4, 0.5) is 0 Å². The summed E-state index contributed by atoms with van der Waals surface area (Å²) in [5.74, 6) is -0.747. The topological polar surface area (TPSA) is 199 Å². The summed E-state index contributed by atoms with van der Waals surface area (Å²) in [6, 6.07) is 0. The van der Waals surface area contributed by atoms with Crippen molar-refractivity contribution in [2.45, 2.75) is 67.2 Å². The van der Waals surface area contributed by atoms with Crippen LogP contribution in [0.2, 0.25) is 0 Å². The molecule has 9 saturated heterocycles. The van der Waals surface area contributed by atoms with E-state index < -0.39 is 79.5 Å². The summed E-state index contributed by atoms with van der Waals surface area (Å²) >= 11 is 0. The van der Waals surface area contributed by atoms with E-state index in [9.17, 15) is 30.3 Å². The van der Waals surface area contributed by atoms with E-state index in [-0.39, 0.29) is 0 Å². The molecule has 0 aromatic heterocycles. The maximum atomic E-state index is 11.8. The van der Waals surface area contributed by atoms with Gasteiger partial charge in [0.15, 0.2) is 18.7 Å². The smallest absolute Gasteiger partial charge is 0.303 e. The normalized spacial score (nSPS) is 47.9. The third-order valence-corrected chi connectivity index (χ3v) is 9.75. The van der Waals surface area contributed by atoms with Crippen molar-refractivity contribution in [2.24, 2.45) is 9.98 Å². The number of aliphatic hydroxyl groups excluding tert-OH is 5. The number of hydrogen-bond acceptors (Lipinski definition) is 18. The van der Waals surface area contributed by atoms with Gasteiger partial charge in [0, 0.05) is 52.4 Å². The van der Waals surface area contributed by atoms with E-state index in [1.54, 1.807) is 0 Å². The quantitative estimate of drug-likeness (QED) is 0.0759. The highest BCUT2D eigenvalue weighted by atomic mass is 16.7. The number of aliphatic imine (C=N–C) groups is 2. The van der Waals surface area contributed by atoms with Crippen molar-refractivity contribution in [3.05, 3.63) is 0 Å². The minimum atomic E-state index is -1.65. The molecule has 258 valence electrons. The molecule has 0 saturated carbocycles. The summed E-state index contributed by atoms with van der Waals surface area (Å²) in [6.45, 7) is 9.68. The second-order valence-corrected chi connectivity index (χ2v) is 14.0. The highest BCUT2D eigenvalue weighted by Crippen LogP contribution is 2.33. The third-order valence-electron chi connectivity index (χ3n) is 9.75. The second-order valence-electron chi connectivity index (χ2n) is 14.0. The lowest BCUT2D eigenvalue weighted by molar-refractivity contribution is -0.315. The van der Waals surface area contributed by atoms with E-state index in [1.165, 1.54) is 12.4 Å². The SMILES string of the molecule is CC(=O)OC1C(O)C(CO)OC(OC(C=NC23CN4CN(CN(C4)C2)C3)C(CO)OC(O)C=NC23CN4CN(CN(C4)C2)C3)C1O. The van der Waals surface area contributed by atoms with Gasteiger partial charge < -0.3 is 44.5 Å². The summed E-state index contributed by atoms with van der Waals surface area (Å²) in [6.07, 6.45) is -8.36. The molecule has 18 heteroatoms. The van der Waals surface area contributed by atoms with E-state index >= 15 is 0 Å². The Labute approximate surface area is 266 Å². The third kappa shape index (κ3) is 6.61. The van der Waals surface area contributed by atoms with Gasteiger partial charge in [0.2, 0.25) is 0 Å². The lowest BCUT2D eigenvalue weighted by Gasteiger charge is -2.59. The monoisotopic (exact) mass is 654 g/mol. The summed E-state index contributed by atoms with van der Waals surface area (Å²) < 4.78 is 22.9. The van der Waals surface area contributed by atoms with E-state index in [2.05, 4.69) is 29.4 Å². The first-order valence-corrected chi connectivity index (χ1v) is 15.9. The van der Waals surface area contributed by atoms with E-state index in [0.29, 0.717) is 0 Å². The molecular weight excluding hydrogens is 608 g/mol. The zero-order chi connectivity index (χ0) is 32.2. The maximum Gasteiger partial charge on any atom is 0.303 e. The van der Waals surface area contributed by atoms with E-state index in [0.717, 1.165) is 86.2 Å². The van der Waals surface area contributed by atoms with Crippen LogP contribution < -0.4 is 0 Å². The van der Waals surface area contributed by atoms with Crippen LogP contribution in [-0.2, 0) is 23.7 Å². The molecule has 0 radical (unpaired) electrons. The van der Waals surface area contributed by atoms with Gasteiger partial charge in [-0.15, -0.1) is 0 Å². The second kappa shape index (κ2) is 12.9. The minimum absolute atomic E-state index is 0.393. The van der Waals surface area contributed by atoms with Crippen LogP contribution >= 0.6 is 0 Å². The molecule has 9 aliphatic heterocycles. The molecule has 0 aromatic carbocycles. The predicted molar refractivity (Wildman–Crippen MR) is 158 cm³/mol. The molecule has 8 atom stereocenters. The van der Waals surface area contributed by atoms with Crippen LogP contribution in [0.5, 0.6) is 0 Å². The molecule has 9 heterocycles. The first kappa shape index (κ1) is 32.8. The van der Waals surface area contributed by atoms with Gasteiger partial charge >= 0.3 is 5.97 Å². The Morgan fingerprint density at radius 3 is 1.76 bits per heavy atom. The van der Waals surface area contributed by atoms with Crippen molar-refractivity contribution in [3.8, 4) is 0 Å². The highest BCUT2D eigenvalue weighted by molar-refractivity contribution is 5.66. The standard InChI is InChI=1S/C28H46N8O10/c1-18(39)43-25-23(41)21(5-38)46-26(24(25)42)45-19(2-29-27-6-31-12-32(7-27)14-33(8-27)13-31)20(4-37)44-22(40)3-30-28-9-34-15-35(10-28)17-36(11-28)16-34/h2-3,19-26,37-38,40-42H,4-17H2,1H3. The fraction of sp³-hybridized carbons (Fsp3) is 0.893. The number of carbonyl (C=O) groups excluding carboxylic acids is 1. The highest BCUT2D eigenvalue weighted by Gasteiger charge is 2.51. The van der Waals surface area contributed by atoms with Crippen molar-refractivity contribution in [1.29, 1.82) is 0 Å². The van der Waals surface area contributed by atoms with Gasteiger partial charge in [0.05, 0.1) is 70.5 Å². The number of hydrogen-bond donors (Lipinski definition) is 5. The van der Waals surface area contributed by atoms with Gasteiger partial charge in [-0.05, 0) is 0 Å². The molecule has 9 rings (SSSR count). The van der Waals surface area contributed by atoms with Gasteiger partial charge in [0.25, 0.3) is 0 Å². The van der Waals surface area contributed by atoms with Crippen LogP contribution in [0.1, 0.15) is 6.92 Å². The van der Waals surface area contributed by atoms with Gasteiger partial charge in [-0.2, -0.15) is 0 Å². The minimum Gasteiger partial charge on any atom is -0.457 e. The van der Waals surface area contributed by atoms with E-state index in [4.69, 9.17) is 28.9 Å². The van der Waals surface area contributed by atoms with Crippen molar-refractivity contribution in [2.75, 3.05) is 92.5 Å². The summed E-state index contributed by atoms with van der Waals surface area (Å²) in [5, 5.41) is 52.9. The molecule has 0 aliphatic carbocycles. The van der Waals surface area contributed by atoms with Gasteiger partial charge in [-0.3, -0.25) is 44.2 Å². The lowest BCUT2D eigenvalue weighted by atomic mass is 9.91. The summed E-state index contributed by atoms with van der Waals surface area (Å²) in [7, 11) is 0. The number of rotatable bonds is 12. The van der Waals surface area contributed by atoms with Gasteiger partial charge in [-0.25, -0.2) is 0 Å². The van der Waals surface area contributed by atoms with Crippen molar-refractivity contribution < 1.29 is 49.3 Å². The Kier molecular flexibility index (Phi) is 9.22. The van der Waals surface area contributed by atoms with Crippen LogP contribution in [0.3, 0.4) is 0 Å². The van der Waals surface area contributed by atoms with Crippen molar-refractivity contribution >= 4 is 18.4 Å². The molecule has 0 aromatic rings. The molecule has 9 fully saturated rings. The first-order valence-electron chi connectivity index (χ1n) is 15.9. The molecular formula is C28H46N8O10. The van der Waals surface area contributed by atoms with Crippen molar-refractivity contribution in [1.82, 2.24) is 29.4 Å². The molecule has 0 amide bonds. The Morgan fingerprint density at radius 2 is 1.33 bits per heavy atom. The van der Waals surface area contributed by atoms with Crippen LogP contribution in [0.15, 0.2) is 9.98 Å². The Bertz CT molecular complexity index is 1110. The van der Waals surface area contributed by atoms with Crippen molar-refractivity contribution in [3.63, 3.8) is 0 Å². The average Bonchev–Trinajstić information content (AvgIpc) is 2.99. The predicted octanol–water partition coefficient (Wildman–Crippen LogP) is -5.30. The van der Waals surface area contributed by atoms with Crippen LogP contribution in [0.25, 0.3) is 0 Å². The molecule has 9 aliphatic rings. The fourth-order valence-corrected chi connectivity index (χ4v) is 8.37. The Morgan fingerprint density at radius 1 is 0.848 bits per heavy atom. The Hall–Kier alpha value is -1.75. The molecule has 5 N–H and O–H groups in total. The number of aliphatic hydroxyl groups is 5. The summed E-state index contributed by atoms with van der Waals surface area (Å²) in [4.78, 5) is 35.3. The Balaban J connectivity index is 1.10. The lowest BCUT2D eigenvalue weighted by Crippen LogP contribution is -2.75. The van der Waals surface area contributed by atoms with E-state index in [1.807, 2.05) is 0 Å². The number of esters is 1. The fourth-order valence-electron chi connectivity index (χ4n) is 8.37. The first-order chi connectivity index (χ1) is 22.0. The largest absolute Gasteiger partial charge is 0.457 e. The van der Waals surface area contributed by atoms with Gasteiger partial charge in [0.1, 0.15) is 30.5 Å².